The number of piperidine rings is 1. The molecule has 2 rings (SSSR count). The van der Waals surface area contributed by atoms with Crippen LogP contribution >= 0.6 is 0 Å². The van der Waals surface area contributed by atoms with Crippen LogP contribution in [0.5, 0.6) is 0 Å². The van der Waals surface area contributed by atoms with Gasteiger partial charge in [-0.15, -0.1) is 0 Å². The van der Waals surface area contributed by atoms with Crippen LogP contribution in [0, 0.1) is 11.3 Å². The van der Waals surface area contributed by atoms with Crippen LogP contribution in [0.4, 0.5) is 5.69 Å². The number of nitrogens with one attached hydrogen (secondary N) is 1. The summed E-state index contributed by atoms with van der Waals surface area (Å²) in [7, 11) is 2.19. The Labute approximate surface area is 150 Å². The fourth-order valence-electron chi connectivity index (χ4n) is 1.73. The van der Waals surface area contributed by atoms with E-state index in [1.807, 2.05) is 54.5 Å². The summed E-state index contributed by atoms with van der Waals surface area (Å²) in [5.41, 5.74) is 0.839. The molecular formula is C19H39N5. The maximum absolute atomic E-state index is 8.36. The van der Waals surface area contributed by atoms with Crippen LogP contribution in [0.15, 0.2) is 12.4 Å². The number of nitrogens with zero attached hydrogens (tertiary/aromatic N) is 4. The molecule has 0 aromatic carbocycles. The van der Waals surface area contributed by atoms with Crippen molar-refractivity contribution in [3.63, 3.8) is 0 Å². The standard InChI is InChI=1S/C7H8N4.C6H13N.3C2H6/c1-2-9-6-4-10-7(3-8)11-5-6;1-7-5-3-2-4-6-7;3*1-2/h4-5,9H,2H2,1H3;2-6H2,1H3;3*1-2H3. The summed E-state index contributed by atoms with van der Waals surface area (Å²) in [6.07, 6.45) is 7.46. The van der Waals surface area contributed by atoms with E-state index in [2.05, 4.69) is 27.2 Å². The maximum atomic E-state index is 8.36. The Morgan fingerprint density at radius 2 is 1.46 bits per heavy atom. The molecule has 2 heterocycles. The van der Waals surface area contributed by atoms with E-state index in [0.717, 1.165) is 12.2 Å². The molecule has 0 spiro atoms. The normalized spacial score (nSPS) is 12.1. The van der Waals surface area contributed by atoms with Crippen molar-refractivity contribution in [2.45, 2.75) is 67.7 Å². The monoisotopic (exact) mass is 337 g/mol. The highest BCUT2D eigenvalue weighted by Gasteiger charge is 2.02. The average Bonchev–Trinajstić information content (AvgIpc) is 2.69. The first-order valence-electron chi connectivity index (χ1n) is 9.40. The highest BCUT2D eigenvalue weighted by Crippen LogP contribution is 2.04. The van der Waals surface area contributed by atoms with E-state index < -0.39 is 0 Å². The third-order valence-electron chi connectivity index (χ3n) is 2.71. The van der Waals surface area contributed by atoms with Gasteiger partial charge in [0.2, 0.25) is 5.82 Å². The Bertz CT molecular complexity index is 364. The van der Waals surface area contributed by atoms with Crippen LogP contribution in [-0.4, -0.2) is 41.5 Å². The second-order valence-electron chi connectivity index (χ2n) is 4.30. The lowest BCUT2D eigenvalue weighted by atomic mass is 10.1. The Kier molecular flexibility index (Phi) is 26.7. The van der Waals surface area contributed by atoms with E-state index in [0.29, 0.717) is 0 Å². The van der Waals surface area contributed by atoms with Crippen molar-refractivity contribution in [3.05, 3.63) is 18.2 Å². The van der Waals surface area contributed by atoms with Crippen LogP contribution in [0.2, 0.25) is 0 Å². The molecule has 0 saturated carbocycles. The number of nitriles is 1. The quantitative estimate of drug-likeness (QED) is 0.826. The van der Waals surface area contributed by atoms with E-state index in [9.17, 15) is 0 Å². The van der Waals surface area contributed by atoms with E-state index in [1.54, 1.807) is 12.4 Å². The second-order valence-corrected chi connectivity index (χ2v) is 4.30. The molecule has 0 bridgehead atoms. The molecule has 5 heteroatoms. The molecule has 1 saturated heterocycles. The van der Waals surface area contributed by atoms with Gasteiger partial charge in [-0.1, -0.05) is 48.0 Å². The van der Waals surface area contributed by atoms with Gasteiger partial charge in [-0.25, -0.2) is 9.97 Å². The summed E-state index contributed by atoms with van der Waals surface area (Å²) in [5, 5.41) is 11.4. The van der Waals surface area contributed by atoms with Crippen LogP contribution in [-0.2, 0) is 0 Å². The smallest absolute Gasteiger partial charge is 0.232 e. The van der Waals surface area contributed by atoms with Gasteiger partial charge >= 0.3 is 0 Å². The summed E-state index contributed by atoms with van der Waals surface area (Å²) < 4.78 is 0. The van der Waals surface area contributed by atoms with Gasteiger partial charge in [0.25, 0.3) is 0 Å². The zero-order chi connectivity index (χ0) is 19.2. The minimum Gasteiger partial charge on any atom is -0.383 e. The van der Waals surface area contributed by atoms with Gasteiger partial charge in [0.15, 0.2) is 0 Å². The zero-order valence-electron chi connectivity index (χ0n) is 17.2. The minimum absolute atomic E-state index is 0.201. The summed E-state index contributed by atoms with van der Waals surface area (Å²) in [5.74, 6) is 0.201. The number of rotatable bonds is 2. The topological polar surface area (TPSA) is 64.8 Å². The van der Waals surface area contributed by atoms with Crippen LogP contribution < -0.4 is 5.32 Å². The van der Waals surface area contributed by atoms with Crippen molar-refractivity contribution in [2.24, 2.45) is 0 Å². The number of hydrogen-bond donors (Lipinski definition) is 1. The van der Waals surface area contributed by atoms with Gasteiger partial charge in [-0.05, 0) is 39.9 Å². The molecule has 1 aliphatic heterocycles. The first kappa shape index (κ1) is 27.2. The molecule has 140 valence electrons. The molecule has 0 atom stereocenters. The van der Waals surface area contributed by atoms with Gasteiger partial charge in [-0.3, -0.25) is 0 Å². The lowest BCUT2D eigenvalue weighted by Crippen LogP contribution is -2.24. The number of likely N-dealkylation sites (tertiary alicyclic amines) is 1. The van der Waals surface area contributed by atoms with E-state index in [1.165, 1.54) is 32.4 Å². The molecule has 1 fully saturated rings. The molecule has 5 nitrogen and oxygen atoms in total. The first-order chi connectivity index (χ1) is 11.8. The average molecular weight is 338 g/mol. The SMILES string of the molecule is CC.CC.CC.CCNc1cnc(C#N)nc1.CN1CCCCC1. The molecular weight excluding hydrogens is 298 g/mol. The molecule has 24 heavy (non-hydrogen) atoms. The maximum Gasteiger partial charge on any atom is 0.232 e. The minimum atomic E-state index is 0.201. The summed E-state index contributed by atoms with van der Waals surface area (Å²) in [6.45, 7) is 17.5. The molecule has 1 N–H and O–H groups in total. The van der Waals surface area contributed by atoms with E-state index >= 15 is 0 Å². The van der Waals surface area contributed by atoms with E-state index in [4.69, 9.17) is 5.26 Å². The van der Waals surface area contributed by atoms with Gasteiger partial charge in [0.1, 0.15) is 6.07 Å². The van der Waals surface area contributed by atoms with Crippen molar-refractivity contribution >= 4 is 5.69 Å². The fourth-order valence-corrected chi connectivity index (χ4v) is 1.73. The lowest BCUT2D eigenvalue weighted by Gasteiger charge is -2.20. The van der Waals surface area contributed by atoms with Gasteiger partial charge in [0, 0.05) is 6.54 Å². The summed E-state index contributed by atoms with van der Waals surface area (Å²) >= 11 is 0. The van der Waals surface area contributed by atoms with Crippen molar-refractivity contribution < 1.29 is 0 Å². The zero-order valence-corrected chi connectivity index (χ0v) is 17.2. The molecule has 0 unspecified atom stereocenters. The molecule has 0 amide bonds. The van der Waals surface area contributed by atoms with Gasteiger partial charge in [0.05, 0.1) is 18.1 Å². The number of hydrogen-bond acceptors (Lipinski definition) is 5. The first-order valence-corrected chi connectivity index (χ1v) is 9.40. The number of anilines is 1. The Morgan fingerprint density at radius 1 is 1.00 bits per heavy atom. The molecule has 1 aliphatic rings. The fraction of sp³-hybridized carbons (Fsp3) is 0.737. The van der Waals surface area contributed by atoms with Crippen LogP contribution in [0.25, 0.3) is 0 Å². The third kappa shape index (κ3) is 16.7. The number of aromatic nitrogens is 2. The predicted molar refractivity (Wildman–Crippen MR) is 106 cm³/mol. The summed E-state index contributed by atoms with van der Waals surface area (Å²) in [4.78, 5) is 9.95. The predicted octanol–water partition coefficient (Wildman–Crippen LogP) is 4.96. The summed E-state index contributed by atoms with van der Waals surface area (Å²) in [6, 6.07) is 1.85. The van der Waals surface area contributed by atoms with Crippen molar-refractivity contribution in [2.75, 3.05) is 32.0 Å². The van der Waals surface area contributed by atoms with Crippen molar-refractivity contribution in [1.29, 1.82) is 5.26 Å². The molecule has 1 aromatic rings. The highest BCUT2D eigenvalue weighted by atomic mass is 15.1. The van der Waals surface area contributed by atoms with Crippen molar-refractivity contribution in [1.82, 2.24) is 14.9 Å². The Morgan fingerprint density at radius 3 is 1.75 bits per heavy atom. The van der Waals surface area contributed by atoms with Crippen LogP contribution in [0.3, 0.4) is 0 Å². The second kappa shape index (κ2) is 23.6. The molecule has 0 radical (unpaired) electrons. The molecule has 1 aromatic heterocycles. The Balaban J connectivity index is -0.000000293. The highest BCUT2D eigenvalue weighted by molar-refractivity contribution is 5.38. The van der Waals surface area contributed by atoms with Crippen LogP contribution in [0.1, 0.15) is 73.6 Å². The van der Waals surface area contributed by atoms with Crippen molar-refractivity contribution in [3.8, 4) is 6.07 Å². The third-order valence-corrected chi connectivity index (χ3v) is 2.71. The van der Waals surface area contributed by atoms with Gasteiger partial charge < -0.3 is 10.2 Å². The van der Waals surface area contributed by atoms with E-state index in [-0.39, 0.29) is 5.82 Å². The van der Waals surface area contributed by atoms with Gasteiger partial charge in [-0.2, -0.15) is 5.26 Å². The largest absolute Gasteiger partial charge is 0.383 e. The molecule has 0 aliphatic carbocycles. The lowest BCUT2D eigenvalue weighted by molar-refractivity contribution is 0.277. The Hall–Kier alpha value is -1.67.